The molecule has 21 heavy (non-hydrogen) atoms. The van der Waals surface area contributed by atoms with E-state index in [1.165, 1.54) is 4.68 Å². The van der Waals surface area contributed by atoms with Crippen LogP contribution in [0.25, 0.3) is 0 Å². The summed E-state index contributed by atoms with van der Waals surface area (Å²) < 4.78 is 52.7. The van der Waals surface area contributed by atoms with Crippen LogP contribution in [0.4, 0.5) is 17.6 Å². The Bertz CT molecular complexity index is 649. The van der Waals surface area contributed by atoms with Gasteiger partial charge in [0, 0.05) is 7.05 Å². The van der Waals surface area contributed by atoms with Crippen molar-refractivity contribution in [3.05, 3.63) is 52.6 Å². The first kappa shape index (κ1) is 15.5. The molecular weight excluding hydrogens is 288 g/mol. The van der Waals surface area contributed by atoms with Crippen molar-refractivity contribution in [3.63, 3.8) is 0 Å². The fraction of sp³-hybridized carbons (Fsp3) is 0.357. The van der Waals surface area contributed by atoms with Crippen LogP contribution in [0.1, 0.15) is 35.5 Å². The number of aliphatic hydroxyl groups excluding tert-OH is 1. The van der Waals surface area contributed by atoms with Crippen molar-refractivity contribution >= 4 is 0 Å². The average Bonchev–Trinajstić information content (AvgIpc) is 2.78. The number of halogens is 4. The molecule has 0 fully saturated rings. The minimum absolute atomic E-state index is 0.0330. The number of aryl methyl sites for hydroxylation is 2. The van der Waals surface area contributed by atoms with Gasteiger partial charge in [0.15, 0.2) is 0 Å². The van der Waals surface area contributed by atoms with E-state index >= 15 is 0 Å². The van der Waals surface area contributed by atoms with Crippen molar-refractivity contribution in [2.75, 3.05) is 0 Å². The zero-order valence-corrected chi connectivity index (χ0v) is 11.4. The SMILES string of the molecule is CCc1cc(C(O)c2ccc(F)c(C(F)(F)F)c2)n(C)n1. The second-order valence-electron chi connectivity index (χ2n) is 4.68. The summed E-state index contributed by atoms with van der Waals surface area (Å²) in [5.41, 5.74) is -0.359. The zero-order valence-electron chi connectivity index (χ0n) is 11.4. The highest BCUT2D eigenvalue weighted by molar-refractivity contribution is 5.33. The lowest BCUT2D eigenvalue weighted by atomic mass is 10.0. The Morgan fingerprint density at radius 2 is 1.95 bits per heavy atom. The highest BCUT2D eigenvalue weighted by Crippen LogP contribution is 2.34. The van der Waals surface area contributed by atoms with E-state index in [1.54, 1.807) is 13.1 Å². The predicted octanol–water partition coefficient (Wildman–Crippen LogP) is 3.22. The minimum Gasteiger partial charge on any atom is -0.382 e. The number of hydrogen-bond acceptors (Lipinski definition) is 2. The molecule has 1 aromatic heterocycles. The second-order valence-corrected chi connectivity index (χ2v) is 4.68. The summed E-state index contributed by atoms with van der Waals surface area (Å²) in [6.07, 6.45) is -5.47. The Balaban J connectivity index is 2.44. The van der Waals surface area contributed by atoms with Gasteiger partial charge in [0.1, 0.15) is 11.9 Å². The lowest BCUT2D eigenvalue weighted by molar-refractivity contribution is -0.140. The summed E-state index contributed by atoms with van der Waals surface area (Å²) in [4.78, 5) is 0. The van der Waals surface area contributed by atoms with Crippen molar-refractivity contribution in [3.8, 4) is 0 Å². The standard InChI is InChI=1S/C14H14F4N2O/c1-3-9-7-12(20(2)19-9)13(21)8-4-5-11(15)10(6-8)14(16,17)18/h4-7,13,21H,3H2,1-2H3. The first-order valence-corrected chi connectivity index (χ1v) is 6.31. The van der Waals surface area contributed by atoms with Crippen LogP contribution in [-0.2, 0) is 19.6 Å². The van der Waals surface area contributed by atoms with E-state index in [-0.39, 0.29) is 5.56 Å². The van der Waals surface area contributed by atoms with E-state index in [4.69, 9.17) is 0 Å². The number of benzene rings is 1. The predicted molar refractivity (Wildman–Crippen MR) is 68.0 cm³/mol. The van der Waals surface area contributed by atoms with Crippen LogP contribution >= 0.6 is 0 Å². The molecule has 0 amide bonds. The molecule has 1 atom stereocenters. The molecule has 7 heteroatoms. The van der Waals surface area contributed by atoms with Gasteiger partial charge in [-0.3, -0.25) is 4.68 Å². The summed E-state index contributed by atoms with van der Waals surface area (Å²) >= 11 is 0. The number of hydrogen-bond donors (Lipinski definition) is 1. The normalized spacial score (nSPS) is 13.5. The third kappa shape index (κ3) is 3.07. The molecule has 0 aliphatic rings. The van der Waals surface area contributed by atoms with E-state index in [2.05, 4.69) is 5.10 Å². The maximum Gasteiger partial charge on any atom is 0.419 e. The molecule has 0 spiro atoms. The second kappa shape index (κ2) is 5.48. The van der Waals surface area contributed by atoms with Crippen molar-refractivity contribution in [2.45, 2.75) is 25.6 Å². The minimum atomic E-state index is -4.80. The molecule has 0 aliphatic heterocycles. The number of aromatic nitrogens is 2. The highest BCUT2D eigenvalue weighted by Gasteiger charge is 2.35. The average molecular weight is 302 g/mol. The summed E-state index contributed by atoms with van der Waals surface area (Å²) in [6, 6.07) is 4.08. The van der Waals surface area contributed by atoms with Gasteiger partial charge in [-0.15, -0.1) is 0 Å². The Morgan fingerprint density at radius 3 is 2.48 bits per heavy atom. The number of aliphatic hydroxyl groups is 1. The van der Waals surface area contributed by atoms with Crippen LogP contribution < -0.4 is 0 Å². The van der Waals surface area contributed by atoms with Crippen LogP contribution in [-0.4, -0.2) is 14.9 Å². The highest BCUT2D eigenvalue weighted by atomic mass is 19.4. The van der Waals surface area contributed by atoms with Gasteiger partial charge in [-0.2, -0.15) is 18.3 Å². The molecule has 3 nitrogen and oxygen atoms in total. The molecule has 0 aliphatic carbocycles. The van der Waals surface area contributed by atoms with Gasteiger partial charge in [-0.05, 0) is 30.2 Å². The van der Waals surface area contributed by atoms with Gasteiger partial charge in [0.25, 0.3) is 0 Å². The smallest absolute Gasteiger partial charge is 0.382 e. The lowest BCUT2D eigenvalue weighted by Gasteiger charge is -2.14. The third-order valence-electron chi connectivity index (χ3n) is 3.22. The molecule has 0 saturated carbocycles. The summed E-state index contributed by atoms with van der Waals surface area (Å²) in [5.74, 6) is -1.36. The Labute approximate surface area is 118 Å². The van der Waals surface area contributed by atoms with Gasteiger partial charge in [0.05, 0.1) is 17.0 Å². The molecule has 1 heterocycles. The molecule has 0 saturated heterocycles. The fourth-order valence-electron chi connectivity index (χ4n) is 2.07. The monoisotopic (exact) mass is 302 g/mol. The van der Waals surface area contributed by atoms with Gasteiger partial charge in [-0.25, -0.2) is 4.39 Å². The molecule has 2 rings (SSSR count). The number of nitrogens with zero attached hydrogens (tertiary/aromatic N) is 2. The fourth-order valence-corrected chi connectivity index (χ4v) is 2.07. The Morgan fingerprint density at radius 1 is 1.29 bits per heavy atom. The molecule has 114 valence electrons. The maximum absolute atomic E-state index is 13.3. The quantitative estimate of drug-likeness (QED) is 0.884. The van der Waals surface area contributed by atoms with E-state index in [0.717, 1.165) is 6.07 Å². The number of rotatable bonds is 3. The van der Waals surface area contributed by atoms with Crippen molar-refractivity contribution in [1.29, 1.82) is 0 Å². The molecular formula is C14H14F4N2O. The van der Waals surface area contributed by atoms with E-state index in [9.17, 15) is 22.7 Å². The van der Waals surface area contributed by atoms with Crippen LogP contribution in [0.3, 0.4) is 0 Å². The van der Waals surface area contributed by atoms with Crippen molar-refractivity contribution < 1.29 is 22.7 Å². The topological polar surface area (TPSA) is 38.0 Å². The van der Waals surface area contributed by atoms with Gasteiger partial charge < -0.3 is 5.11 Å². The third-order valence-corrected chi connectivity index (χ3v) is 3.22. The van der Waals surface area contributed by atoms with Gasteiger partial charge in [-0.1, -0.05) is 13.0 Å². The molecule has 0 bridgehead atoms. The van der Waals surface area contributed by atoms with Crippen LogP contribution in [0, 0.1) is 5.82 Å². The molecule has 1 aromatic carbocycles. The van der Waals surface area contributed by atoms with Crippen LogP contribution in [0.5, 0.6) is 0 Å². The molecule has 1 unspecified atom stereocenters. The van der Waals surface area contributed by atoms with Crippen LogP contribution in [0.2, 0.25) is 0 Å². The first-order chi connectivity index (χ1) is 9.74. The largest absolute Gasteiger partial charge is 0.419 e. The van der Waals surface area contributed by atoms with Crippen molar-refractivity contribution in [1.82, 2.24) is 9.78 Å². The van der Waals surface area contributed by atoms with Crippen LogP contribution in [0.15, 0.2) is 24.3 Å². The van der Waals surface area contributed by atoms with E-state index in [0.29, 0.717) is 29.9 Å². The van der Waals surface area contributed by atoms with Gasteiger partial charge >= 0.3 is 6.18 Å². The summed E-state index contributed by atoms with van der Waals surface area (Å²) in [7, 11) is 1.59. The maximum atomic E-state index is 13.3. The summed E-state index contributed by atoms with van der Waals surface area (Å²) in [6.45, 7) is 1.87. The summed E-state index contributed by atoms with van der Waals surface area (Å²) in [5, 5.41) is 14.3. The Hall–Kier alpha value is -1.89. The van der Waals surface area contributed by atoms with Crippen molar-refractivity contribution in [2.24, 2.45) is 7.05 Å². The molecule has 0 radical (unpaired) electrons. The number of alkyl halides is 3. The molecule has 2 aromatic rings. The zero-order chi connectivity index (χ0) is 15.8. The van der Waals surface area contributed by atoms with Gasteiger partial charge in [0.2, 0.25) is 0 Å². The van der Waals surface area contributed by atoms with E-state index in [1.807, 2.05) is 6.92 Å². The lowest BCUT2D eigenvalue weighted by Crippen LogP contribution is -2.11. The molecule has 1 N–H and O–H groups in total. The first-order valence-electron chi connectivity index (χ1n) is 6.31. The Kier molecular flexibility index (Phi) is 4.04. The van der Waals surface area contributed by atoms with E-state index < -0.39 is 23.7 Å².